The molecule has 1 amide bonds. The highest BCUT2D eigenvalue weighted by Gasteiger charge is 2.36. The van der Waals surface area contributed by atoms with Gasteiger partial charge >= 0.3 is 5.97 Å². The normalized spacial score (nSPS) is 16.7. The molecule has 32 heavy (non-hydrogen) atoms. The molecule has 168 valence electrons. The van der Waals surface area contributed by atoms with Gasteiger partial charge in [-0.1, -0.05) is 29.7 Å². The van der Waals surface area contributed by atoms with Crippen molar-refractivity contribution in [1.29, 1.82) is 0 Å². The first kappa shape index (κ1) is 23.8. The summed E-state index contributed by atoms with van der Waals surface area (Å²) in [5, 5.41) is 3.19. The van der Waals surface area contributed by atoms with Crippen molar-refractivity contribution in [2.75, 3.05) is 13.2 Å². The molecular weight excluding hydrogens is 452 g/mol. The second kappa shape index (κ2) is 10.6. The Morgan fingerprint density at radius 3 is 2.69 bits per heavy atom. The van der Waals surface area contributed by atoms with Crippen LogP contribution in [-0.4, -0.2) is 43.8 Å². The molecule has 0 aliphatic carbocycles. The molecule has 0 aromatic heterocycles. The molecule has 1 heterocycles. The van der Waals surface area contributed by atoms with Crippen LogP contribution in [0.4, 0.5) is 0 Å². The fraction of sp³-hybridized carbons (Fsp3) is 0.304. The van der Waals surface area contributed by atoms with Gasteiger partial charge in [-0.15, -0.1) is 6.42 Å². The zero-order valence-corrected chi connectivity index (χ0v) is 18.9. The number of carbonyl (C=O) groups excluding carboxylic acids is 2. The molecule has 2 aromatic rings. The van der Waals surface area contributed by atoms with Gasteiger partial charge in [0.15, 0.2) is 6.61 Å². The van der Waals surface area contributed by atoms with E-state index in [1.165, 1.54) is 34.6 Å². The second-order valence-corrected chi connectivity index (χ2v) is 9.61. The number of amides is 1. The summed E-state index contributed by atoms with van der Waals surface area (Å²) in [6.45, 7) is 0.238. The largest absolute Gasteiger partial charge is 0.449 e. The molecule has 1 aliphatic heterocycles. The third-order valence-corrected chi connectivity index (χ3v) is 7.18. The molecule has 1 atom stereocenters. The van der Waals surface area contributed by atoms with Crippen molar-refractivity contribution in [2.45, 2.75) is 36.7 Å². The van der Waals surface area contributed by atoms with Crippen molar-refractivity contribution in [3.05, 3.63) is 64.7 Å². The first-order valence-electron chi connectivity index (χ1n) is 10.1. The number of esters is 1. The number of carbonyl (C=O) groups is 2. The van der Waals surface area contributed by atoms with Gasteiger partial charge in [-0.05, 0) is 61.2 Å². The van der Waals surface area contributed by atoms with E-state index in [1.54, 1.807) is 18.2 Å². The second-order valence-electron chi connectivity index (χ2n) is 7.29. The van der Waals surface area contributed by atoms with E-state index in [9.17, 15) is 18.0 Å². The highest BCUT2D eigenvalue weighted by Crippen LogP contribution is 2.26. The molecule has 1 unspecified atom stereocenters. The molecule has 0 bridgehead atoms. The molecule has 3 rings (SSSR count). The zero-order valence-electron chi connectivity index (χ0n) is 17.3. The molecule has 7 nitrogen and oxygen atoms in total. The molecule has 9 heteroatoms. The summed E-state index contributed by atoms with van der Waals surface area (Å²) in [7, 11) is -4.04. The molecule has 1 aliphatic rings. The summed E-state index contributed by atoms with van der Waals surface area (Å²) >= 11 is 5.92. The topological polar surface area (TPSA) is 92.8 Å². The van der Waals surface area contributed by atoms with Crippen molar-refractivity contribution in [1.82, 2.24) is 9.62 Å². The van der Waals surface area contributed by atoms with Crippen LogP contribution in [0.25, 0.3) is 0 Å². The summed E-state index contributed by atoms with van der Waals surface area (Å²) in [4.78, 5) is 24.9. The van der Waals surface area contributed by atoms with Gasteiger partial charge in [0.1, 0.15) is 6.04 Å². The van der Waals surface area contributed by atoms with Crippen LogP contribution in [0.15, 0.2) is 53.4 Å². The zero-order chi connectivity index (χ0) is 23.1. The number of benzene rings is 2. The Bertz CT molecular complexity index is 1130. The van der Waals surface area contributed by atoms with Gasteiger partial charge in [0, 0.05) is 18.1 Å². The first-order chi connectivity index (χ1) is 15.3. The minimum absolute atomic E-state index is 0.0310. The predicted octanol–water partition coefficient (Wildman–Crippen LogP) is 2.99. The Balaban J connectivity index is 1.98. The lowest BCUT2D eigenvalue weighted by atomic mass is 10.1. The van der Waals surface area contributed by atoms with E-state index < -0.39 is 22.0 Å². The smallest absolute Gasteiger partial charge is 0.339 e. The van der Waals surface area contributed by atoms with Crippen molar-refractivity contribution in [3.8, 4) is 12.3 Å². The van der Waals surface area contributed by atoms with E-state index in [1.807, 2.05) is 0 Å². The van der Waals surface area contributed by atoms with Crippen molar-refractivity contribution < 1.29 is 22.7 Å². The van der Waals surface area contributed by atoms with Crippen LogP contribution in [0.3, 0.4) is 0 Å². The summed E-state index contributed by atoms with van der Waals surface area (Å²) < 4.78 is 33.2. The Morgan fingerprint density at radius 2 is 1.97 bits per heavy atom. The van der Waals surface area contributed by atoms with Gasteiger partial charge < -0.3 is 10.1 Å². The molecular formula is C23H23ClN2O5S. The van der Waals surface area contributed by atoms with Crippen LogP contribution in [0.5, 0.6) is 0 Å². The fourth-order valence-electron chi connectivity index (χ4n) is 3.47. The fourth-order valence-corrected chi connectivity index (χ4v) is 5.20. The van der Waals surface area contributed by atoms with Gasteiger partial charge in [0.25, 0.3) is 0 Å². The van der Waals surface area contributed by atoms with Crippen LogP contribution < -0.4 is 5.32 Å². The maximum Gasteiger partial charge on any atom is 0.339 e. The number of nitrogens with zero attached hydrogens (tertiary/aromatic N) is 1. The minimum Gasteiger partial charge on any atom is -0.449 e. The molecule has 0 spiro atoms. The van der Waals surface area contributed by atoms with Crippen molar-refractivity contribution in [3.63, 3.8) is 0 Å². The van der Waals surface area contributed by atoms with Crippen LogP contribution in [0.2, 0.25) is 5.02 Å². The average molecular weight is 475 g/mol. The maximum absolute atomic E-state index is 13.6. The summed E-state index contributed by atoms with van der Waals surface area (Å²) in [5.74, 6) is 1.28. The van der Waals surface area contributed by atoms with E-state index in [-0.39, 0.29) is 29.5 Å². The number of terminal acetylenes is 1. The van der Waals surface area contributed by atoms with Crippen LogP contribution in [0, 0.1) is 12.3 Å². The lowest BCUT2D eigenvalue weighted by Crippen LogP contribution is -2.48. The number of sulfonamides is 1. The highest BCUT2D eigenvalue weighted by molar-refractivity contribution is 7.89. The number of hydrogen-bond donors (Lipinski definition) is 1. The number of nitrogens with one attached hydrogen (secondary N) is 1. The van der Waals surface area contributed by atoms with Crippen LogP contribution in [0.1, 0.15) is 35.2 Å². The number of ether oxygens (including phenoxy) is 1. The molecule has 2 aromatic carbocycles. The summed E-state index contributed by atoms with van der Waals surface area (Å²) in [6.07, 6.45) is 6.99. The standard InChI is InChI=1S/C23H23ClN2O5S/c1-2-14-31-23(28)18-7-5-6-17(15-18)16-26(21-8-3-4-13-25-22(21)27)32(29,30)20-11-9-19(24)10-12-20/h1,5-7,9-12,15,21H,3-4,8,13-14,16H2,(H,25,27). The van der Waals surface area contributed by atoms with E-state index in [2.05, 4.69) is 11.2 Å². The number of rotatable bonds is 7. The van der Waals surface area contributed by atoms with E-state index in [0.29, 0.717) is 30.0 Å². The van der Waals surface area contributed by atoms with Gasteiger partial charge in [-0.2, -0.15) is 4.31 Å². The lowest BCUT2D eigenvalue weighted by molar-refractivity contribution is -0.124. The molecule has 0 radical (unpaired) electrons. The Morgan fingerprint density at radius 1 is 1.22 bits per heavy atom. The van der Waals surface area contributed by atoms with E-state index >= 15 is 0 Å². The highest BCUT2D eigenvalue weighted by atomic mass is 35.5. The van der Waals surface area contributed by atoms with E-state index in [4.69, 9.17) is 22.8 Å². The van der Waals surface area contributed by atoms with Gasteiger partial charge in [0.2, 0.25) is 15.9 Å². The monoisotopic (exact) mass is 474 g/mol. The lowest BCUT2D eigenvalue weighted by Gasteiger charge is -2.29. The number of hydrogen-bond acceptors (Lipinski definition) is 5. The van der Waals surface area contributed by atoms with Gasteiger partial charge in [-0.25, -0.2) is 13.2 Å². The molecule has 1 N–H and O–H groups in total. The summed E-state index contributed by atoms with van der Waals surface area (Å²) in [5.41, 5.74) is 0.779. The Kier molecular flexibility index (Phi) is 7.91. The number of halogens is 1. The third kappa shape index (κ3) is 5.68. The minimum atomic E-state index is -4.04. The predicted molar refractivity (Wildman–Crippen MR) is 120 cm³/mol. The Labute approximate surface area is 192 Å². The van der Waals surface area contributed by atoms with E-state index in [0.717, 1.165) is 6.42 Å². The third-order valence-electron chi connectivity index (χ3n) is 5.06. The molecule has 0 saturated carbocycles. The molecule has 1 fully saturated rings. The molecule has 1 saturated heterocycles. The summed E-state index contributed by atoms with van der Waals surface area (Å²) in [6, 6.07) is 11.3. The van der Waals surface area contributed by atoms with Crippen molar-refractivity contribution in [2.24, 2.45) is 0 Å². The average Bonchev–Trinajstić information content (AvgIpc) is 3.00. The van der Waals surface area contributed by atoms with Crippen LogP contribution >= 0.6 is 11.6 Å². The Hall–Kier alpha value is -2.86. The quantitative estimate of drug-likeness (QED) is 0.492. The van der Waals surface area contributed by atoms with Gasteiger partial charge in [0.05, 0.1) is 10.5 Å². The first-order valence-corrected chi connectivity index (χ1v) is 11.9. The van der Waals surface area contributed by atoms with Crippen LogP contribution in [-0.2, 0) is 26.1 Å². The maximum atomic E-state index is 13.6. The SMILES string of the molecule is C#CCOC(=O)c1cccc(CN(C2CCCCNC2=O)S(=O)(=O)c2ccc(Cl)cc2)c1. The van der Waals surface area contributed by atoms with Gasteiger partial charge in [-0.3, -0.25) is 4.79 Å². The van der Waals surface area contributed by atoms with Crippen molar-refractivity contribution >= 4 is 33.5 Å².